The van der Waals surface area contributed by atoms with E-state index in [1.54, 1.807) is 23.5 Å². The minimum absolute atomic E-state index is 0.0562. The van der Waals surface area contributed by atoms with Gasteiger partial charge in [-0.1, -0.05) is 13.3 Å². The molecule has 0 saturated heterocycles. The predicted molar refractivity (Wildman–Crippen MR) is 78.7 cm³/mol. The lowest BCUT2D eigenvalue weighted by Crippen LogP contribution is -2.22. The van der Waals surface area contributed by atoms with Gasteiger partial charge in [0.2, 0.25) is 0 Å². The van der Waals surface area contributed by atoms with Crippen LogP contribution in [0.25, 0.3) is 11.4 Å². The first-order chi connectivity index (χ1) is 9.24. The Morgan fingerprint density at radius 2 is 2.16 bits per heavy atom. The Hall–Kier alpha value is -1.69. The van der Waals surface area contributed by atoms with Crippen LogP contribution in [0.4, 0.5) is 5.13 Å². The highest BCUT2D eigenvalue weighted by molar-refractivity contribution is 7.14. The second-order valence-electron chi connectivity index (χ2n) is 4.20. The smallest absolute Gasteiger partial charge is 0.266 e. The van der Waals surface area contributed by atoms with Crippen LogP contribution >= 0.6 is 11.3 Å². The fraction of sp³-hybridized carbons (Fsp3) is 0.462. The lowest BCUT2D eigenvalue weighted by molar-refractivity contribution is 0.545. The van der Waals surface area contributed by atoms with Crippen molar-refractivity contribution in [1.29, 1.82) is 0 Å². The topological polar surface area (TPSA) is 59.8 Å². The number of hydrogen-bond acceptors (Lipinski definition) is 5. The van der Waals surface area contributed by atoms with Gasteiger partial charge in [0, 0.05) is 24.5 Å². The van der Waals surface area contributed by atoms with E-state index in [0.29, 0.717) is 6.54 Å². The Labute approximate surface area is 116 Å². The normalized spacial score (nSPS) is 10.6. The molecule has 5 nitrogen and oxygen atoms in total. The van der Waals surface area contributed by atoms with Crippen LogP contribution in [0.1, 0.15) is 26.7 Å². The van der Waals surface area contributed by atoms with E-state index in [1.807, 2.05) is 12.3 Å². The van der Waals surface area contributed by atoms with E-state index < -0.39 is 0 Å². The fourth-order valence-electron chi connectivity index (χ4n) is 1.68. The van der Waals surface area contributed by atoms with E-state index >= 15 is 0 Å². The average molecular weight is 278 g/mol. The van der Waals surface area contributed by atoms with Crippen LogP contribution < -0.4 is 10.9 Å². The molecule has 1 N–H and O–H groups in total. The molecule has 0 saturated carbocycles. The minimum Gasteiger partial charge on any atom is -0.362 e. The number of thiazole rings is 1. The number of hydrogen-bond donors (Lipinski definition) is 1. The zero-order valence-electron chi connectivity index (χ0n) is 11.2. The summed E-state index contributed by atoms with van der Waals surface area (Å²) in [5.41, 5.74) is 1.50. The van der Waals surface area contributed by atoms with Crippen molar-refractivity contribution in [2.45, 2.75) is 33.2 Å². The van der Waals surface area contributed by atoms with Crippen molar-refractivity contribution in [2.24, 2.45) is 0 Å². The fourth-order valence-corrected chi connectivity index (χ4v) is 2.45. The van der Waals surface area contributed by atoms with Gasteiger partial charge in [-0.05, 0) is 19.4 Å². The molecule has 0 amide bonds. The highest BCUT2D eigenvalue weighted by Crippen LogP contribution is 2.22. The van der Waals surface area contributed by atoms with E-state index in [0.717, 1.165) is 35.9 Å². The third-order valence-electron chi connectivity index (χ3n) is 2.68. The van der Waals surface area contributed by atoms with Crippen molar-refractivity contribution in [2.75, 3.05) is 11.9 Å². The van der Waals surface area contributed by atoms with E-state index in [2.05, 4.69) is 22.3 Å². The Morgan fingerprint density at radius 3 is 2.89 bits per heavy atom. The first kappa shape index (κ1) is 13.7. The second-order valence-corrected chi connectivity index (χ2v) is 5.06. The number of unbranched alkanes of at least 4 members (excludes halogenated alkanes) is 1. The highest BCUT2D eigenvalue weighted by atomic mass is 32.1. The molecule has 0 atom stereocenters. The summed E-state index contributed by atoms with van der Waals surface area (Å²) in [5.74, 6) is 0. The maximum absolute atomic E-state index is 11.7. The van der Waals surface area contributed by atoms with Crippen LogP contribution in [0.2, 0.25) is 0 Å². The first-order valence-electron chi connectivity index (χ1n) is 6.52. The van der Waals surface area contributed by atoms with Crippen LogP contribution in [0.15, 0.2) is 22.3 Å². The summed E-state index contributed by atoms with van der Waals surface area (Å²) in [6.45, 7) is 5.63. The third kappa shape index (κ3) is 3.41. The van der Waals surface area contributed by atoms with Gasteiger partial charge in [-0.2, -0.15) is 5.10 Å². The van der Waals surface area contributed by atoms with Crippen LogP contribution in [0, 0.1) is 0 Å². The van der Waals surface area contributed by atoms with Crippen LogP contribution in [-0.2, 0) is 6.54 Å². The molecular formula is C13H18N4OS. The molecule has 0 spiro atoms. The van der Waals surface area contributed by atoms with Crippen LogP contribution in [0.3, 0.4) is 0 Å². The Bertz CT molecular complexity index is 590. The molecule has 102 valence electrons. The molecule has 0 unspecified atom stereocenters. The monoisotopic (exact) mass is 278 g/mol. The summed E-state index contributed by atoms with van der Waals surface area (Å²) in [5, 5.41) is 10.4. The SMILES string of the molecule is CCCCn1nc(-c2csc(NCC)n2)ccc1=O. The summed E-state index contributed by atoms with van der Waals surface area (Å²) >= 11 is 1.55. The molecule has 0 aliphatic carbocycles. The van der Waals surface area contributed by atoms with Gasteiger partial charge in [-0.15, -0.1) is 11.3 Å². The molecule has 2 aromatic rings. The van der Waals surface area contributed by atoms with Gasteiger partial charge in [-0.25, -0.2) is 9.67 Å². The number of aryl methyl sites for hydroxylation is 1. The third-order valence-corrected chi connectivity index (χ3v) is 3.48. The Kier molecular flexibility index (Phi) is 4.68. The van der Waals surface area contributed by atoms with Gasteiger partial charge < -0.3 is 5.32 Å². The van der Waals surface area contributed by atoms with Gasteiger partial charge in [-0.3, -0.25) is 4.79 Å². The number of aromatic nitrogens is 3. The molecule has 2 aromatic heterocycles. The molecule has 19 heavy (non-hydrogen) atoms. The maximum atomic E-state index is 11.7. The zero-order valence-corrected chi connectivity index (χ0v) is 12.0. The molecule has 2 rings (SSSR count). The number of nitrogens with one attached hydrogen (secondary N) is 1. The summed E-state index contributed by atoms with van der Waals surface area (Å²) in [6.07, 6.45) is 2.00. The molecule has 0 aliphatic heterocycles. The van der Waals surface area contributed by atoms with E-state index in [9.17, 15) is 4.79 Å². The standard InChI is InChI=1S/C13H18N4OS/c1-3-5-8-17-12(18)7-6-10(16-17)11-9-19-13(15-11)14-4-2/h6-7,9H,3-5,8H2,1-2H3,(H,14,15). The largest absolute Gasteiger partial charge is 0.362 e. The van der Waals surface area contributed by atoms with E-state index in [4.69, 9.17) is 0 Å². The van der Waals surface area contributed by atoms with E-state index in [-0.39, 0.29) is 5.56 Å². The van der Waals surface area contributed by atoms with Gasteiger partial charge >= 0.3 is 0 Å². The molecule has 0 radical (unpaired) electrons. The van der Waals surface area contributed by atoms with Gasteiger partial charge in [0.25, 0.3) is 5.56 Å². The van der Waals surface area contributed by atoms with Gasteiger partial charge in [0.1, 0.15) is 11.4 Å². The number of nitrogens with zero attached hydrogens (tertiary/aromatic N) is 3. The van der Waals surface area contributed by atoms with E-state index in [1.165, 1.54) is 4.68 Å². The van der Waals surface area contributed by atoms with Crippen LogP contribution in [0.5, 0.6) is 0 Å². The Morgan fingerprint density at radius 1 is 1.32 bits per heavy atom. The van der Waals surface area contributed by atoms with Crippen molar-refractivity contribution >= 4 is 16.5 Å². The lowest BCUT2D eigenvalue weighted by Gasteiger charge is -2.04. The minimum atomic E-state index is -0.0562. The quantitative estimate of drug-likeness (QED) is 0.882. The summed E-state index contributed by atoms with van der Waals surface area (Å²) in [7, 11) is 0. The zero-order chi connectivity index (χ0) is 13.7. The summed E-state index contributed by atoms with van der Waals surface area (Å²) in [6, 6.07) is 3.29. The summed E-state index contributed by atoms with van der Waals surface area (Å²) < 4.78 is 1.52. The van der Waals surface area contributed by atoms with Crippen molar-refractivity contribution < 1.29 is 0 Å². The highest BCUT2D eigenvalue weighted by Gasteiger charge is 2.07. The molecule has 0 aliphatic rings. The molecule has 0 aromatic carbocycles. The lowest BCUT2D eigenvalue weighted by atomic mass is 10.3. The number of rotatable bonds is 6. The second kappa shape index (κ2) is 6.47. The predicted octanol–water partition coefficient (Wildman–Crippen LogP) is 2.60. The van der Waals surface area contributed by atoms with Crippen molar-refractivity contribution in [3.63, 3.8) is 0 Å². The van der Waals surface area contributed by atoms with Crippen molar-refractivity contribution in [3.05, 3.63) is 27.9 Å². The molecular weight excluding hydrogens is 260 g/mol. The number of anilines is 1. The molecule has 0 fully saturated rings. The van der Waals surface area contributed by atoms with Gasteiger partial charge in [0.15, 0.2) is 5.13 Å². The molecule has 0 bridgehead atoms. The molecule has 2 heterocycles. The average Bonchev–Trinajstić information content (AvgIpc) is 2.87. The Balaban J connectivity index is 2.25. The van der Waals surface area contributed by atoms with Crippen molar-refractivity contribution in [1.82, 2.24) is 14.8 Å². The first-order valence-corrected chi connectivity index (χ1v) is 7.40. The maximum Gasteiger partial charge on any atom is 0.266 e. The van der Waals surface area contributed by atoms with Gasteiger partial charge in [0.05, 0.1) is 0 Å². The summed E-state index contributed by atoms with van der Waals surface area (Å²) in [4.78, 5) is 16.1. The van der Waals surface area contributed by atoms with Crippen molar-refractivity contribution in [3.8, 4) is 11.4 Å². The van der Waals surface area contributed by atoms with Crippen LogP contribution in [-0.4, -0.2) is 21.3 Å². The molecule has 6 heteroatoms.